The Morgan fingerprint density at radius 2 is 1.81 bits per heavy atom. The third-order valence-electron chi connectivity index (χ3n) is 4.84. The highest BCUT2D eigenvalue weighted by atomic mass is 19.1. The van der Waals surface area contributed by atoms with E-state index in [1.807, 2.05) is 54.6 Å². The summed E-state index contributed by atoms with van der Waals surface area (Å²) < 4.78 is 21.4. The number of tetrazole rings is 1. The second-order valence-electron chi connectivity index (χ2n) is 6.92. The van der Waals surface area contributed by atoms with E-state index in [9.17, 15) is 9.18 Å². The topological polar surface area (TPSA) is 81.9 Å². The van der Waals surface area contributed by atoms with Crippen LogP contribution in [0.25, 0.3) is 17.3 Å². The van der Waals surface area contributed by atoms with Crippen LogP contribution in [0.3, 0.4) is 0 Å². The molecule has 0 bridgehead atoms. The lowest BCUT2D eigenvalue weighted by atomic mass is 10.0. The van der Waals surface area contributed by atoms with Crippen molar-refractivity contribution >= 4 is 23.2 Å². The van der Waals surface area contributed by atoms with Crippen LogP contribution in [0.2, 0.25) is 0 Å². The summed E-state index contributed by atoms with van der Waals surface area (Å²) in [6.07, 6.45) is 1.72. The van der Waals surface area contributed by atoms with Crippen LogP contribution in [-0.4, -0.2) is 33.2 Å². The number of hydrogen-bond acceptors (Lipinski definition) is 5. The zero-order valence-electron chi connectivity index (χ0n) is 17.5. The lowest BCUT2D eigenvalue weighted by Gasteiger charge is -2.13. The molecule has 0 aliphatic carbocycles. The molecule has 0 fully saturated rings. The third-order valence-corrected chi connectivity index (χ3v) is 4.84. The zero-order valence-corrected chi connectivity index (χ0v) is 17.5. The summed E-state index contributed by atoms with van der Waals surface area (Å²) in [6.45, 7) is 1.73. The average Bonchev–Trinajstić information content (AvgIpc) is 3.25. The summed E-state index contributed by atoms with van der Waals surface area (Å²) in [6, 6.07) is 20.8. The Hall–Kier alpha value is -4.33. The average molecular weight is 429 g/mol. The SMILES string of the molecule is COc1ccccc1/C=C(/C(=O)Nc1cc(-n2nnnc2C)ccc1F)c1ccccc1. The number of carbonyl (C=O) groups is 1. The molecule has 0 saturated heterocycles. The quantitative estimate of drug-likeness (QED) is 0.365. The molecule has 0 aliphatic heterocycles. The van der Waals surface area contributed by atoms with Crippen molar-refractivity contribution in [1.82, 2.24) is 20.2 Å². The molecular weight excluding hydrogens is 409 g/mol. The monoisotopic (exact) mass is 429 g/mol. The first-order valence-electron chi connectivity index (χ1n) is 9.83. The Labute approximate surface area is 184 Å². The van der Waals surface area contributed by atoms with Gasteiger partial charge in [0.25, 0.3) is 5.91 Å². The number of ether oxygens (including phenoxy) is 1. The number of aryl methyl sites for hydroxylation is 1. The van der Waals surface area contributed by atoms with Gasteiger partial charge in [0.1, 0.15) is 11.6 Å². The summed E-state index contributed by atoms with van der Waals surface area (Å²) in [7, 11) is 1.57. The number of methoxy groups -OCH3 is 1. The van der Waals surface area contributed by atoms with Crippen LogP contribution in [0, 0.1) is 12.7 Å². The van der Waals surface area contributed by atoms with E-state index in [2.05, 4.69) is 20.8 Å². The molecule has 4 aromatic rings. The van der Waals surface area contributed by atoms with Crippen molar-refractivity contribution in [2.75, 3.05) is 12.4 Å². The van der Waals surface area contributed by atoms with E-state index in [0.717, 1.165) is 5.56 Å². The van der Waals surface area contributed by atoms with E-state index in [4.69, 9.17) is 4.74 Å². The molecule has 160 valence electrons. The molecule has 0 unspecified atom stereocenters. The highest BCUT2D eigenvalue weighted by Gasteiger charge is 2.17. The molecule has 8 heteroatoms. The van der Waals surface area contributed by atoms with Crippen molar-refractivity contribution in [3.8, 4) is 11.4 Å². The molecule has 0 atom stereocenters. The molecule has 0 saturated carbocycles. The molecule has 32 heavy (non-hydrogen) atoms. The number of hydrogen-bond donors (Lipinski definition) is 1. The van der Waals surface area contributed by atoms with Crippen LogP contribution in [0.1, 0.15) is 17.0 Å². The minimum absolute atomic E-state index is 0.0178. The Morgan fingerprint density at radius 1 is 1.06 bits per heavy atom. The van der Waals surface area contributed by atoms with E-state index in [1.54, 1.807) is 20.1 Å². The number of benzene rings is 3. The fourth-order valence-corrected chi connectivity index (χ4v) is 3.24. The van der Waals surface area contributed by atoms with E-state index in [-0.39, 0.29) is 5.69 Å². The highest BCUT2D eigenvalue weighted by Crippen LogP contribution is 2.27. The maximum atomic E-state index is 14.6. The molecule has 7 nitrogen and oxygen atoms in total. The Balaban J connectivity index is 1.73. The van der Waals surface area contributed by atoms with Crippen LogP contribution in [0.4, 0.5) is 10.1 Å². The van der Waals surface area contributed by atoms with Gasteiger partial charge in [0.05, 0.1) is 18.5 Å². The summed E-state index contributed by atoms with van der Waals surface area (Å²) in [5.41, 5.74) is 2.31. The maximum absolute atomic E-state index is 14.6. The number of aromatic nitrogens is 4. The number of rotatable bonds is 6. The van der Waals surface area contributed by atoms with Crippen LogP contribution < -0.4 is 10.1 Å². The van der Waals surface area contributed by atoms with Crippen molar-refractivity contribution in [2.24, 2.45) is 0 Å². The Bertz CT molecular complexity index is 1280. The van der Waals surface area contributed by atoms with Crippen molar-refractivity contribution < 1.29 is 13.9 Å². The van der Waals surface area contributed by atoms with Crippen LogP contribution >= 0.6 is 0 Å². The fraction of sp³-hybridized carbons (Fsp3) is 0.0833. The lowest BCUT2D eigenvalue weighted by Crippen LogP contribution is -2.15. The molecular formula is C24H20FN5O2. The van der Waals surface area contributed by atoms with E-state index < -0.39 is 11.7 Å². The summed E-state index contributed by atoms with van der Waals surface area (Å²) in [5.74, 6) is 0.120. The van der Waals surface area contributed by atoms with Gasteiger partial charge in [-0.2, -0.15) is 4.68 Å². The standard InChI is InChI=1S/C24H20FN5O2/c1-16-27-28-29-30(16)19-12-13-21(25)22(15-19)26-24(31)20(17-8-4-3-5-9-17)14-18-10-6-7-11-23(18)32-2/h3-15H,1-2H3,(H,26,31)/b20-14+. The molecule has 3 aromatic carbocycles. The van der Waals surface area contributed by atoms with Gasteiger partial charge in [0, 0.05) is 11.1 Å². The second kappa shape index (κ2) is 9.22. The van der Waals surface area contributed by atoms with Gasteiger partial charge in [-0.1, -0.05) is 48.5 Å². The van der Waals surface area contributed by atoms with Gasteiger partial charge in [-0.25, -0.2) is 4.39 Å². The normalized spacial score (nSPS) is 11.3. The minimum atomic E-state index is -0.572. The summed E-state index contributed by atoms with van der Waals surface area (Å²) >= 11 is 0. The molecule has 1 aromatic heterocycles. The van der Waals surface area contributed by atoms with Gasteiger partial charge in [-0.05, 0) is 53.3 Å². The van der Waals surface area contributed by atoms with Crippen molar-refractivity contribution in [3.05, 3.63) is 95.6 Å². The molecule has 4 rings (SSSR count). The summed E-state index contributed by atoms with van der Waals surface area (Å²) in [5, 5.41) is 14.0. The number of carbonyl (C=O) groups excluding carboxylic acids is 1. The number of halogens is 1. The highest BCUT2D eigenvalue weighted by molar-refractivity contribution is 6.29. The van der Waals surface area contributed by atoms with Gasteiger partial charge in [0.2, 0.25) is 0 Å². The minimum Gasteiger partial charge on any atom is -0.496 e. The van der Waals surface area contributed by atoms with E-state index >= 15 is 0 Å². The molecule has 1 N–H and O–H groups in total. The number of anilines is 1. The number of nitrogens with zero attached hydrogens (tertiary/aromatic N) is 4. The lowest BCUT2D eigenvalue weighted by molar-refractivity contribution is -0.111. The van der Waals surface area contributed by atoms with Gasteiger partial charge in [-0.15, -0.1) is 5.10 Å². The Kier molecular flexibility index (Phi) is 6.03. The van der Waals surface area contributed by atoms with Gasteiger partial charge >= 0.3 is 0 Å². The first-order chi connectivity index (χ1) is 15.6. The largest absolute Gasteiger partial charge is 0.496 e. The fourth-order valence-electron chi connectivity index (χ4n) is 3.24. The Morgan fingerprint density at radius 3 is 2.53 bits per heavy atom. The smallest absolute Gasteiger partial charge is 0.256 e. The van der Waals surface area contributed by atoms with E-state index in [0.29, 0.717) is 28.4 Å². The van der Waals surface area contributed by atoms with Gasteiger partial charge < -0.3 is 10.1 Å². The predicted molar refractivity (Wildman–Crippen MR) is 120 cm³/mol. The van der Waals surface area contributed by atoms with Crippen LogP contribution in [0.5, 0.6) is 5.75 Å². The van der Waals surface area contributed by atoms with Crippen molar-refractivity contribution in [1.29, 1.82) is 0 Å². The van der Waals surface area contributed by atoms with Crippen molar-refractivity contribution in [3.63, 3.8) is 0 Å². The molecule has 0 spiro atoms. The molecule has 1 amide bonds. The number of para-hydroxylation sites is 1. The molecule has 0 aliphatic rings. The van der Waals surface area contributed by atoms with Gasteiger partial charge in [-0.3, -0.25) is 4.79 Å². The number of amides is 1. The third kappa shape index (κ3) is 4.39. The van der Waals surface area contributed by atoms with Crippen molar-refractivity contribution in [2.45, 2.75) is 6.92 Å². The van der Waals surface area contributed by atoms with Gasteiger partial charge in [0.15, 0.2) is 5.82 Å². The first kappa shape index (κ1) is 20.9. The van der Waals surface area contributed by atoms with Crippen LogP contribution in [-0.2, 0) is 4.79 Å². The summed E-state index contributed by atoms with van der Waals surface area (Å²) in [4.78, 5) is 13.3. The molecule has 0 radical (unpaired) electrons. The van der Waals surface area contributed by atoms with E-state index in [1.165, 1.54) is 22.9 Å². The molecule has 1 heterocycles. The number of nitrogens with one attached hydrogen (secondary N) is 1. The predicted octanol–water partition coefficient (Wildman–Crippen LogP) is 4.30. The van der Waals surface area contributed by atoms with Crippen LogP contribution in [0.15, 0.2) is 72.8 Å². The first-order valence-corrected chi connectivity index (χ1v) is 9.83. The maximum Gasteiger partial charge on any atom is 0.256 e. The second-order valence-corrected chi connectivity index (χ2v) is 6.92. The zero-order chi connectivity index (χ0) is 22.5.